The number of halogens is 2. The molecule has 0 N–H and O–H groups in total. The second-order valence-electron chi connectivity index (χ2n) is 4.97. The third kappa shape index (κ3) is 3.02. The zero-order valence-electron chi connectivity index (χ0n) is 12.2. The molecule has 0 aliphatic heterocycles. The maximum atomic E-state index is 12.9. The van der Waals surface area contributed by atoms with Gasteiger partial charge in [-0.05, 0) is 36.4 Å². The van der Waals surface area contributed by atoms with Gasteiger partial charge in [0.25, 0.3) is 0 Å². The quantitative estimate of drug-likeness (QED) is 0.507. The van der Waals surface area contributed by atoms with Gasteiger partial charge >= 0.3 is 0 Å². The van der Waals surface area contributed by atoms with Gasteiger partial charge in [-0.25, -0.2) is 4.39 Å². The Kier molecular flexibility index (Phi) is 3.99. The Balaban J connectivity index is 1.59. The lowest BCUT2D eigenvalue weighted by Gasteiger charge is -2.03. The molecule has 0 radical (unpaired) electrons. The molecule has 24 heavy (non-hydrogen) atoms. The number of aromatic nitrogens is 4. The van der Waals surface area contributed by atoms with E-state index in [1.165, 1.54) is 23.5 Å². The molecule has 0 spiro atoms. The third-order valence-electron chi connectivity index (χ3n) is 3.31. The summed E-state index contributed by atoms with van der Waals surface area (Å²) in [6.45, 7) is 0.203. The molecule has 0 amide bonds. The van der Waals surface area contributed by atoms with Crippen molar-refractivity contribution in [1.82, 2.24) is 19.8 Å². The summed E-state index contributed by atoms with van der Waals surface area (Å²) in [4.78, 5) is 0.697. The second-order valence-corrected chi connectivity index (χ2v) is 6.84. The lowest BCUT2D eigenvalue weighted by Crippen LogP contribution is -2.02. The molecule has 2 heterocycles. The van der Waals surface area contributed by atoms with Crippen LogP contribution in [0.3, 0.4) is 0 Å². The first-order chi connectivity index (χ1) is 11.7. The number of rotatable bonds is 4. The minimum Gasteiger partial charge on any atom is -0.486 e. The van der Waals surface area contributed by atoms with Gasteiger partial charge in [-0.1, -0.05) is 39.4 Å². The highest BCUT2D eigenvalue weighted by atomic mass is 79.9. The van der Waals surface area contributed by atoms with Crippen molar-refractivity contribution < 1.29 is 9.13 Å². The maximum Gasteiger partial charge on any atom is 0.235 e. The van der Waals surface area contributed by atoms with Crippen LogP contribution in [0.2, 0.25) is 0 Å². The van der Waals surface area contributed by atoms with Crippen molar-refractivity contribution in [2.45, 2.75) is 6.61 Å². The monoisotopic (exact) mass is 404 g/mol. The molecule has 5 nitrogen and oxygen atoms in total. The summed E-state index contributed by atoms with van der Waals surface area (Å²) in [5, 5.41) is 13.6. The highest BCUT2D eigenvalue weighted by molar-refractivity contribution is 9.10. The predicted molar refractivity (Wildman–Crippen MR) is 92.5 cm³/mol. The van der Waals surface area contributed by atoms with Gasteiger partial charge in [0.15, 0.2) is 5.82 Å². The highest BCUT2D eigenvalue weighted by Gasteiger charge is 2.13. The fraction of sp³-hybridized carbons (Fsp3) is 0.0625. The van der Waals surface area contributed by atoms with Crippen LogP contribution in [0.1, 0.15) is 5.82 Å². The summed E-state index contributed by atoms with van der Waals surface area (Å²) in [6, 6.07) is 13.8. The van der Waals surface area contributed by atoms with Crippen LogP contribution in [0, 0.1) is 5.82 Å². The van der Waals surface area contributed by atoms with Gasteiger partial charge in [-0.2, -0.15) is 9.61 Å². The summed E-state index contributed by atoms with van der Waals surface area (Å²) in [6.07, 6.45) is 0. The fourth-order valence-electron chi connectivity index (χ4n) is 2.16. The van der Waals surface area contributed by atoms with E-state index in [1.54, 1.807) is 16.6 Å². The molecular weight excluding hydrogens is 395 g/mol. The number of fused-ring (bicyclic) bond motifs is 1. The molecule has 2 aromatic heterocycles. The summed E-state index contributed by atoms with van der Waals surface area (Å²) in [5.74, 6) is 0.854. The van der Waals surface area contributed by atoms with Crippen molar-refractivity contribution in [3.05, 3.63) is 64.6 Å². The van der Waals surface area contributed by atoms with Crippen LogP contribution < -0.4 is 4.74 Å². The van der Waals surface area contributed by atoms with Gasteiger partial charge < -0.3 is 4.74 Å². The number of ether oxygens (including phenoxy) is 1. The van der Waals surface area contributed by atoms with Crippen LogP contribution in [0.5, 0.6) is 5.75 Å². The molecule has 0 aliphatic carbocycles. The summed E-state index contributed by atoms with van der Waals surface area (Å²) in [5.41, 5.74) is 1.00. The van der Waals surface area contributed by atoms with E-state index < -0.39 is 0 Å². The van der Waals surface area contributed by atoms with Crippen LogP contribution in [-0.2, 0) is 6.61 Å². The molecule has 0 atom stereocenters. The Bertz CT molecular complexity index is 999. The molecule has 4 rings (SSSR count). The predicted octanol–water partition coefficient (Wildman–Crippen LogP) is 4.33. The average molecular weight is 405 g/mol. The Morgan fingerprint density at radius 3 is 2.75 bits per heavy atom. The molecule has 2 aromatic carbocycles. The van der Waals surface area contributed by atoms with Crippen LogP contribution >= 0.6 is 27.3 Å². The zero-order chi connectivity index (χ0) is 16.5. The summed E-state index contributed by atoms with van der Waals surface area (Å²) < 4.78 is 21.2. The van der Waals surface area contributed by atoms with Gasteiger partial charge in [0.2, 0.25) is 4.96 Å². The van der Waals surface area contributed by atoms with Gasteiger partial charge in [-0.3, -0.25) is 0 Å². The number of hydrogen-bond acceptors (Lipinski definition) is 5. The molecule has 0 fully saturated rings. The SMILES string of the molecule is Fc1ccc(OCc2nnc3sc(-c4cccc(Br)c4)nn23)cc1. The first-order valence-corrected chi connectivity index (χ1v) is 8.65. The lowest BCUT2D eigenvalue weighted by atomic mass is 10.2. The zero-order valence-corrected chi connectivity index (χ0v) is 14.6. The molecule has 0 aliphatic rings. The molecule has 4 aromatic rings. The molecule has 120 valence electrons. The standard InChI is InChI=1S/C16H10BrFN4OS/c17-11-3-1-2-10(8-11)15-21-22-14(19-20-16(22)24-15)9-23-13-6-4-12(18)5-7-13/h1-8H,9H2. The molecule has 0 saturated carbocycles. The molecule has 8 heteroatoms. The lowest BCUT2D eigenvalue weighted by molar-refractivity contribution is 0.292. The third-order valence-corrected chi connectivity index (χ3v) is 4.75. The molecule has 0 saturated heterocycles. The summed E-state index contributed by atoms with van der Waals surface area (Å²) >= 11 is 4.92. The average Bonchev–Trinajstić information content (AvgIpc) is 3.15. The topological polar surface area (TPSA) is 52.3 Å². The van der Waals surface area contributed by atoms with Gasteiger partial charge in [-0.15, -0.1) is 10.2 Å². The van der Waals surface area contributed by atoms with E-state index in [-0.39, 0.29) is 12.4 Å². The smallest absolute Gasteiger partial charge is 0.235 e. The van der Waals surface area contributed by atoms with Crippen molar-refractivity contribution in [3.63, 3.8) is 0 Å². The van der Waals surface area contributed by atoms with E-state index in [2.05, 4.69) is 31.2 Å². The highest BCUT2D eigenvalue weighted by Crippen LogP contribution is 2.27. The van der Waals surface area contributed by atoms with Crippen LogP contribution in [-0.4, -0.2) is 19.8 Å². The summed E-state index contributed by atoms with van der Waals surface area (Å²) in [7, 11) is 0. The van der Waals surface area contributed by atoms with E-state index in [0.29, 0.717) is 16.5 Å². The number of nitrogens with zero attached hydrogens (tertiary/aromatic N) is 4. The molecule has 0 bridgehead atoms. The maximum absolute atomic E-state index is 12.9. The largest absolute Gasteiger partial charge is 0.486 e. The minimum atomic E-state index is -0.301. The fourth-order valence-corrected chi connectivity index (χ4v) is 3.42. The first-order valence-electron chi connectivity index (χ1n) is 7.04. The van der Waals surface area contributed by atoms with Gasteiger partial charge in [0, 0.05) is 10.0 Å². The Morgan fingerprint density at radius 1 is 1.12 bits per heavy atom. The molecular formula is C16H10BrFN4OS. The van der Waals surface area contributed by atoms with Crippen molar-refractivity contribution in [3.8, 4) is 16.3 Å². The Morgan fingerprint density at radius 2 is 1.96 bits per heavy atom. The number of hydrogen-bond donors (Lipinski definition) is 0. The van der Waals surface area contributed by atoms with E-state index in [9.17, 15) is 4.39 Å². The first kappa shape index (κ1) is 15.2. The van der Waals surface area contributed by atoms with Crippen molar-refractivity contribution >= 4 is 32.2 Å². The van der Waals surface area contributed by atoms with Crippen LogP contribution in [0.25, 0.3) is 15.5 Å². The second kappa shape index (κ2) is 6.29. The minimum absolute atomic E-state index is 0.203. The van der Waals surface area contributed by atoms with Crippen LogP contribution in [0.15, 0.2) is 53.0 Å². The Hall–Kier alpha value is -2.32. The van der Waals surface area contributed by atoms with Gasteiger partial charge in [0.1, 0.15) is 23.2 Å². The van der Waals surface area contributed by atoms with Crippen molar-refractivity contribution in [2.75, 3.05) is 0 Å². The Labute approximate surface area is 148 Å². The van der Waals surface area contributed by atoms with Gasteiger partial charge in [0.05, 0.1) is 0 Å². The van der Waals surface area contributed by atoms with Crippen molar-refractivity contribution in [1.29, 1.82) is 0 Å². The van der Waals surface area contributed by atoms with Crippen molar-refractivity contribution in [2.24, 2.45) is 0 Å². The van der Waals surface area contributed by atoms with E-state index in [4.69, 9.17) is 4.74 Å². The number of benzene rings is 2. The van der Waals surface area contributed by atoms with E-state index in [0.717, 1.165) is 15.0 Å². The van der Waals surface area contributed by atoms with E-state index in [1.807, 2.05) is 24.3 Å². The van der Waals surface area contributed by atoms with E-state index >= 15 is 0 Å². The van der Waals surface area contributed by atoms with Crippen LogP contribution in [0.4, 0.5) is 4.39 Å². The normalized spacial score (nSPS) is 11.1. The molecule has 0 unspecified atom stereocenters.